The number of hydrogen-bond acceptors (Lipinski definition) is 5. The Morgan fingerprint density at radius 1 is 1.27 bits per heavy atom. The maximum Gasteiger partial charge on any atom is 0.316 e. The van der Waals surface area contributed by atoms with Gasteiger partial charge in [0.05, 0.1) is 4.92 Å². The van der Waals surface area contributed by atoms with E-state index in [1.807, 2.05) is 0 Å². The summed E-state index contributed by atoms with van der Waals surface area (Å²) >= 11 is 0. The first-order valence-corrected chi connectivity index (χ1v) is 7.07. The third-order valence-corrected chi connectivity index (χ3v) is 3.07. The van der Waals surface area contributed by atoms with Crippen LogP contribution in [0, 0.1) is 16.0 Å². The molecule has 1 rings (SSSR count). The number of nitro groups is 1. The number of aryl methyl sites for hydroxylation is 1. The number of hydrogen-bond donors (Lipinski definition) is 0. The summed E-state index contributed by atoms with van der Waals surface area (Å²) in [4.78, 5) is 34.2. The van der Waals surface area contributed by atoms with Crippen molar-refractivity contribution in [3.8, 4) is 0 Å². The van der Waals surface area contributed by atoms with E-state index in [2.05, 4.69) is 0 Å². The Labute approximate surface area is 129 Å². The zero-order valence-corrected chi connectivity index (χ0v) is 13.3. The summed E-state index contributed by atoms with van der Waals surface area (Å²) in [6, 6.07) is 6.31. The highest BCUT2D eigenvalue weighted by Gasteiger charge is 2.29. The molecule has 1 atom stereocenters. The molecule has 0 N–H and O–H groups in total. The van der Waals surface area contributed by atoms with Gasteiger partial charge in [-0.05, 0) is 40.5 Å². The van der Waals surface area contributed by atoms with Crippen molar-refractivity contribution in [3.05, 3.63) is 39.9 Å². The van der Waals surface area contributed by atoms with Crippen molar-refractivity contribution in [2.45, 2.75) is 46.1 Å². The summed E-state index contributed by atoms with van der Waals surface area (Å²) in [6.07, 6.45) is 0.454. The standard InChI is InChI=1S/C16H21NO5/c1-11(18)13(15(19)22-16(2,3)4)10-9-12-7-5-6-8-14(12)17(20)21/h5-8,13H,9-10H2,1-4H3. The van der Waals surface area contributed by atoms with Crippen molar-refractivity contribution in [1.82, 2.24) is 0 Å². The zero-order valence-electron chi connectivity index (χ0n) is 13.3. The van der Waals surface area contributed by atoms with Crippen LogP contribution >= 0.6 is 0 Å². The quantitative estimate of drug-likeness (QED) is 0.349. The highest BCUT2D eigenvalue weighted by Crippen LogP contribution is 2.22. The van der Waals surface area contributed by atoms with Gasteiger partial charge in [0.2, 0.25) is 0 Å². The van der Waals surface area contributed by atoms with Crippen LogP contribution in [0.1, 0.15) is 39.7 Å². The number of benzene rings is 1. The Hall–Kier alpha value is -2.24. The lowest BCUT2D eigenvalue weighted by Crippen LogP contribution is -2.32. The minimum Gasteiger partial charge on any atom is -0.459 e. The van der Waals surface area contributed by atoms with E-state index in [0.717, 1.165) is 0 Å². The number of Topliss-reactive ketones (excluding diaryl/α,β-unsaturated/α-hetero) is 1. The van der Waals surface area contributed by atoms with Crippen LogP contribution in [0.15, 0.2) is 24.3 Å². The fourth-order valence-electron chi connectivity index (χ4n) is 2.06. The van der Waals surface area contributed by atoms with Gasteiger partial charge in [0.25, 0.3) is 5.69 Å². The molecular weight excluding hydrogens is 286 g/mol. The predicted molar refractivity (Wildman–Crippen MR) is 81.4 cm³/mol. The van der Waals surface area contributed by atoms with Gasteiger partial charge in [-0.15, -0.1) is 0 Å². The summed E-state index contributed by atoms with van der Waals surface area (Å²) in [6.45, 7) is 6.51. The van der Waals surface area contributed by atoms with Crippen LogP contribution in [-0.2, 0) is 20.7 Å². The molecule has 1 unspecified atom stereocenters. The lowest BCUT2D eigenvalue weighted by Gasteiger charge is -2.22. The minimum atomic E-state index is -0.904. The molecule has 6 heteroatoms. The Morgan fingerprint density at radius 3 is 2.36 bits per heavy atom. The molecule has 0 saturated heterocycles. The number of rotatable bonds is 6. The molecule has 0 aliphatic rings. The Morgan fingerprint density at radius 2 is 1.86 bits per heavy atom. The number of para-hydroxylation sites is 1. The largest absolute Gasteiger partial charge is 0.459 e. The monoisotopic (exact) mass is 307 g/mol. The average Bonchev–Trinajstić information content (AvgIpc) is 2.36. The molecular formula is C16H21NO5. The summed E-state index contributed by atoms with van der Waals surface area (Å²) in [7, 11) is 0. The molecule has 0 aliphatic heterocycles. The molecule has 0 saturated carbocycles. The van der Waals surface area contributed by atoms with Crippen LogP contribution < -0.4 is 0 Å². The molecule has 1 aromatic carbocycles. The molecule has 0 heterocycles. The Bertz CT molecular complexity index is 574. The fraction of sp³-hybridized carbons (Fsp3) is 0.500. The fourth-order valence-corrected chi connectivity index (χ4v) is 2.06. The van der Waals surface area contributed by atoms with Crippen molar-refractivity contribution in [1.29, 1.82) is 0 Å². The van der Waals surface area contributed by atoms with Gasteiger partial charge in [-0.25, -0.2) is 0 Å². The number of esters is 1. The summed E-state index contributed by atoms with van der Waals surface area (Å²) in [5, 5.41) is 11.0. The third-order valence-electron chi connectivity index (χ3n) is 3.07. The van der Waals surface area contributed by atoms with Gasteiger partial charge in [0.15, 0.2) is 0 Å². The van der Waals surface area contributed by atoms with E-state index in [4.69, 9.17) is 4.74 Å². The van der Waals surface area contributed by atoms with E-state index in [9.17, 15) is 19.7 Å². The van der Waals surface area contributed by atoms with Gasteiger partial charge in [0.1, 0.15) is 17.3 Å². The number of nitro benzene ring substituents is 1. The van der Waals surface area contributed by atoms with Crippen molar-refractivity contribution in [2.75, 3.05) is 0 Å². The van der Waals surface area contributed by atoms with E-state index in [1.165, 1.54) is 13.0 Å². The normalized spacial score (nSPS) is 12.5. The molecule has 0 aromatic heterocycles. The Kier molecular flexibility index (Phi) is 5.79. The van der Waals surface area contributed by atoms with Crippen LogP contribution in [-0.4, -0.2) is 22.3 Å². The average molecular weight is 307 g/mol. The topological polar surface area (TPSA) is 86.5 Å². The molecule has 0 radical (unpaired) electrons. The highest BCUT2D eigenvalue weighted by molar-refractivity contribution is 5.97. The van der Waals surface area contributed by atoms with Crippen molar-refractivity contribution in [2.24, 2.45) is 5.92 Å². The molecule has 22 heavy (non-hydrogen) atoms. The SMILES string of the molecule is CC(=O)C(CCc1ccccc1[N+](=O)[O-])C(=O)OC(C)(C)C. The van der Waals surface area contributed by atoms with E-state index in [0.29, 0.717) is 5.56 Å². The summed E-state index contributed by atoms with van der Waals surface area (Å²) in [5.41, 5.74) is -0.180. The van der Waals surface area contributed by atoms with E-state index in [1.54, 1.807) is 39.0 Å². The number of carbonyl (C=O) groups excluding carboxylic acids is 2. The van der Waals surface area contributed by atoms with Crippen molar-refractivity contribution >= 4 is 17.4 Å². The Balaban J connectivity index is 2.84. The molecule has 0 fully saturated rings. The number of ketones is 1. The smallest absolute Gasteiger partial charge is 0.316 e. The van der Waals surface area contributed by atoms with Crippen molar-refractivity contribution in [3.63, 3.8) is 0 Å². The van der Waals surface area contributed by atoms with E-state index < -0.39 is 22.4 Å². The lowest BCUT2D eigenvalue weighted by atomic mass is 9.95. The highest BCUT2D eigenvalue weighted by atomic mass is 16.6. The van der Waals surface area contributed by atoms with Gasteiger partial charge >= 0.3 is 5.97 Å². The van der Waals surface area contributed by atoms with Crippen LogP contribution in [0.5, 0.6) is 0 Å². The maximum atomic E-state index is 12.1. The van der Waals surface area contributed by atoms with E-state index in [-0.39, 0.29) is 24.3 Å². The number of ether oxygens (including phenoxy) is 1. The third kappa shape index (κ3) is 5.27. The van der Waals surface area contributed by atoms with Gasteiger partial charge < -0.3 is 4.74 Å². The first-order valence-electron chi connectivity index (χ1n) is 7.07. The minimum absolute atomic E-state index is 0.00556. The summed E-state index contributed by atoms with van der Waals surface area (Å²) < 4.78 is 5.23. The molecule has 1 aromatic rings. The molecule has 0 amide bonds. The molecule has 0 spiro atoms. The second kappa shape index (κ2) is 7.15. The first kappa shape index (κ1) is 17.8. The second-order valence-corrected chi connectivity index (χ2v) is 6.12. The molecule has 0 aliphatic carbocycles. The first-order chi connectivity index (χ1) is 10.1. The van der Waals surface area contributed by atoms with Crippen LogP contribution in [0.4, 0.5) is 5.69 Å². The van der Waals surface area contributed by atoms with Gasteiger partial charge in [0, 0.05) is 11.6 Å². The number of carbonyl (C=O) groups is 2. The molecule has 120 valence electrons. The molecule has 0 bridgehead atoms. The van der Waals surface area contributed by atoms with E-state index >= 15 is 0 Å². The lowest BCUT2D eigenvalue weighted by molar-refractivity contribution is -0.385. The maximum absolute atomic E-state index is 12.1. The van der Waals surface area contributed by atoms with Crippen LogP contribution in [0.3, 0.4) is 0 Å². The number of nitrogens with zero attached hydrogens (tertiary/aromatic N) is 1. The summed E-state index contributed by atoms with van der Waals surface area (Å²) in [5.74, 6) is -1.79. The molecule has 6 nitrogen and oxygen atoms in total. The zero-order chi connectivity index (χ0) is 16.9. The van der Waals surface area contributed by atoms with Gasteiger partial charge in [-0.2, -0.15) is 0 Å². The second-order valence-electron chi connectivity index (χ2n) is 6.12. The predicted octanol–water partition coefficient (Wildman–Crippen LogP) is 3.07. The van der Waals surface area contributed by atoms with Gasteiger partial charge in [-0.1, -0.05) is 18.2 Å². The van der Waals surface area contributed by atoms with Crippen LogP contribution in [0.25, 0.3) is 0 Å². The van der Waals surface area contributed by atoms with Crippen LogP contribution in [0.2, 0.25) is 0 Å². The van der Waals surface area contributed by atoms with Gasteiger partial charge in [-0.3, -0.25) is 19.7 Å². The van der Waals surface area contributed by atoms with Crippen molar-refractivity contribution < 1.29 is 19.2 Å².